The quantitative estimate of drug-likeness (QED) is 0.608. The summed E-state index contributed by atoms with van der Waals surface area (Å²) in [5.74, 6) is -0.154. The molecule has 0 saturated carbocycles. The molecular weight excluding hydrogens is 211 g/mol. The van der Waals surface area contributed by atoms with E-state index in [-0.39, 0.29) is 17.2 Å². The van der Waals surface area contributed by atoms with E-state index in [2.05, 4.69) is 0 Å². The molecule has 0 saturated heterocycles. The van der Waals surface area contributed by atoms with Crippen LogP contribution in [-0.2, 0) is 0 Å². The topological polar surface area (TPSA) is 55.5 Å². The van der Waals surface area contributed by atoms with E-state index in [0.717, 1.165) is 0 Å². The summed E-state index contributed by atoms with van der Waals surface area (Å²) in [6.07, 6.45) is -5.31. The van der Waals surface area contributed by atoms with Crippen molar-refractivity contribution in [3.8, 4) is 11.5 Å². The summed E-state index contributed by atoms with van der Waals surface area (Å²) < 4.78 is 40.1. The van der Waals surface area contributed by atoms with Crippen molar-refractivity contribution in [2.24, 2.45) is 0 Å². The summed E-state index contributed by atoms with van der Waals surface area (Å²) >= 11 is 0. The molecule has 0 radical (unpaired) electrons. The fourth-order valence-electron chi connectivity index (χ4n) is 0.935. The summed E-state index contributed by atoms with van der Waals surface area (Å²) in [7, 11) is 0. The lowest BCUT2D eigenvalue weighted by molar-refractivity contribution is -0.139. The number of benzene rings is 1. The van der Waals surface area contributed by atoms with Crippen molar-refractivity contribution in [3.63, 3.8) is 0 Å². The maximum atomic E-state index is 11.8. The summed E-state index contributed by atoms with van der Waals surface area (Å²) in [4.78, 5) is 0. The zero-order chi connectivity index (χ0) is 11.5. The lowest BCUT2D eigenvalue weighted by Gasteiger charge is -2.10. The summed E-state index contributed by atoms with van der Waals surface area (Å²) in [6, 6.07) is 4.16. The minimum absolute atomic E-state index is 0.0549. The molecule has 0 unspecified atom stereocenters. The molecule has 0 aliphatic carbocycles. The standard InChI is InChI=1S/C9H10F3NO2/c10-9(11,12)4-5-15-7-3-1-2-6(14)8(7)13/h1-3,14H,4-5,13H2. The van der Waals surface area contributed by atoms with E-state index in [1.807, 2.05) is 0 Å². The number of halogens is 3. The molecule has 6 heteroatoms. The fourth-order valence-corrected chi connectivity index (χ4v) is 0.935. The van der Waals surface area contributed by atoms with Gasteiger partial charge in [0.1, 0.15) is 17.2 Å². The minimum Gasteiger partial charge on any atom is -0.506 e. The molecule has 0 aliphatic heterocycles. The Balaban J connectivity index is 2.55. The van der Waals surface area contributed by atoms with Gasteiger partial charge in [-0.05, 0) is 12.1 Å². The number of hydrogen-bond acceptors (Lipinski definition) is 3. The first kappa shape index (κ1) is 11.5. The number of nitrogens with two attached hydrogens (primary N) is 1. The molecule has 1 aromatic rings. The highest BCUT2D eigenvalue weighted by Crippen LogP contribution is 2.30. The van der Waals surface area contributed by atoms with Crippen LogP contribution in [0.2, 0.25) is 0 Å². The molecule has 0 fully saturated rings. The molecule has 3 nitrogen and oxygen atoms in total. The maximum Gasteiger partial charge on any atom is 0.392 e. The second kappa shape index (κ2) is 4.29. The van der Waals surface area contributed by atoms with Gasteiger partial charge in [-0.15, -0.1) is 0 Å². The van der Waals surface area contributed by atoms with E-state index < -0.39 is 19.2 Å². The smallest absolute Gasteiger partial charge is 0.392 e. The number of hydrogen-bond donors (Lipinski definition) is 2. The Morgan fingerprint density at radius 2 is 2.00 bits per heavy atom. The van der Waals surface area contributed by atoms with Crippen LogP contribution in [-0.4, -0.2) is 17.9 Å². The normalized spacial score (nSPS) is 11.4. The molecule has 0 aromatic heterocycles. The molecule has 0 heterocycles. The van der Waals surface area contributed by atoms with E-state index in [4.69, 9.17) is 15.6 Å². The van der Waals surface area contributed by atoms with Gasteiger partial charge < -0.3 is 15.6 Å². The maximum absolute atomic E-state index is 11.8. The number of nitrogen functional groups attached to an aromatic ring is 1. The van der Waals surface area contributed by atoms with Crippen LogP contribution in [0.1, 0.15) is 6.42 Å². The first-order valence-electron chi connectivity index (χ1n) is 4.17. The largest absolute Gasteiger partial charge is 0.506 e. The van der Waals surface area contributed by atoms with Crippen molar-refractivity contribution in [2.45, 2.75) is 12.6 Å². The third-order valence-corrected chi connectivity index (χ3v) is 1.69. The van der Waals surface area contributed by atoms with E-state index in [0.29, 0.717) is 0 Å². The summed E-state index contributed by atoms with van der Waals surface area (Å²) in [5, 5.41) is 9.13. The van der Waals surface area contributed by atoms with Gasteiger partial charge >= 0.3 is 6.18 Å². The fraction of sp³-hybridized carbons (Fsp3) is 0.333. The molecular formula is C9H10F3NO2. The van der Waals surface area contributed by atoms with Crippen LogP contribution in [0.3, 0.4) is 0 Å². The van der Waals surface area contributed by atoms with E-state index in [9.17, 15) is 13.2 Å². The Morgan fingerprint density at radius 1 is 1.33 bits per heavy atom. The highest BCUT2D eigenvalue weighted by Gasteiger charge is 2.26. The highest BCUT2D eigenvalue weighted by molar-refractivity contribution is 5.61. The van der Waals surface area contributed by atoms with E-state index in [1.165, 1.54) is 18.2 Å². The Hall–Kier alpha value is -1.59. The van der Waals surface area contributed by atoms with Crippen LogP contribution in [0, 0.1) is 0 Å². The van der Waals surface area contributed by atoms with Gasteiger partial charge in [-0.25, -0.2) is 0 Å². The van der Waals surface area contributed by atoms with Crippen LogP contribution >= 0.6 is 0 Å². The number of phenols is 1. The van der Waals surface area contributed by atoms with Crippen molar-refractivity contribution in [3.05, 3.63) is 18.2 Å². The second-order valence-electron chi connectivity index (χ2n) is 2.90. The number of aromatic hydroxyl groups is 1. The van der Waals surface area contributed by atoms with Gasteiger partial charge in [0.15, 0.2) is 0 Å². The van der Waals surface area contributed by atoms with Crippen LogP contribution in [0.15, 0.2) is 18.2 Å². The lowest BCUT2D eigenvalue weighted by atomic mass is 10.3. The molecule has 3 N–H and O–H groups in total. The predicted octanol–water partition coefficient (Wildman–Crippen LogP) is 2.31. The average Bonchev–Trinajstić information content (AvgIpc) is 2.10. The summed E-state index contributed by atoms with van der Waals surface area (Å²) in [6.45, 7) is -0.517. The van der Waals surface area contributed by atoms with E-state index >= 15 is 0 Å². The van der Waals surface area contributed by atoms with Gasteiger partial charge in [0.25, 0.3) is 0 Å². The van der Waals surface area contributed by atoms with Gasteiger partial charge in [0.05, 0.1) is 13.0 Å². The van der Waals surface area contributed by atoms with Crippen molar-refractivity contribution in [2.75, 3.05) is 12.3 Å². The molecule has 0 aliphatic rings. The minimum atomic E-state index is -4.26. The third-order valence-electron chi connectivity index (χ3n) is 1.69. The van der Waals surface area contributed by atoms with Gasteiger partial charge in [-0.1, -0.05) is 6.07 Å². The lowest BCUT2D eigenvalue weighted by Crippen LogP contribution is -2.13. The van der Waals surface area contributed by atoms with Gasteiger partial charge in [-0.2, -0.15) is 13.2 Å². The van der Waals surface area contributed by atoms with Crippen molar-refractivity contribution < 1.29 is 23.0 Å². The Morgan fingerprint density at radius 3 is 2.60 bits per heavy atom. The van der Waals surface area contributed by atoms with Crippen molar-refractivity contribution >= 4 is 5.69 Å². The first-order valence-corrected chi connectivity index (χ1v) is 4.17. The molecule has 0 bridgehead atoms. The average molecular weight is 221 g/mol. The second-order valence-corrected chi connectivity index (χ2v) is 2.90. The van der Waals surface area contributed by atoms with Gasteiger partial charge in [0.2, 0.25) is 0 Å². The molecule has 0 atom stereocenters. The monoisotopic (exact) mass is 221 g/mol. The molecule has 84 valence electrons. The van der Waals surface area contributed by atoms with Crippen LogP contribution in [0.4, 0.5) is 18.9 Å². The number of anilines is 1. The van der Waals surface area contributed by atoms with Crippen LogP contribution < -0.4 is 10.5 Å². The number of para-hydroxylation sites is 1. The van der Waals surface area contributed by atoms with Gasteiger partial charge in [0, 0.05) is 0 Å². The van der Waals surface area contributed by atoms with Crippen LogP contribution in [0.5, 0.6) is 11.5 Å². The van der Waals surface area contributed by atoms with Crippen molar-refractivity contribution in [1.29, 1.82) is 0 Å². The Kier molecular flexibility index (Phi) is 3.28. The van der Waals surface area contributed by atoms with Crippen molar-refractivity contribution in [1.82, 2.24) is 0 Å². The predicted molar refractivity (Wildman–Crippen MR) is 48.7 cm³/mol. The molecule has 1 rings (SSSR count). The third kappa shape index (κ3) is 3.57. The summed E-state index contributed by atoms with van der Waals surface area (Å²) in [5.41, 5.74) is 5.32. The zero-order valence-electron chi connectivity index (χ0n) is 7.71. The SMILES string of the molecule is Nc1c(O)cccc1OCCC(F)(F)F. The van der Waals surface area contributed by atoms with E-state index in [1.54, 1.807) is 0 Å². The number of alkyl halides is 3. The Bertz CT molecular complexity index is 339. The Labute approximate surface area is 84.3 Å². The highest BCUT2D eigenvalue weighted by atomic mass is 19.4. The number of rotatable bonds is 3. The molecule has 0 spiro atoms. The molecule has 0 amide bonds. The number of phenolic OH excluding ortho intramolecular Hbond substituents is 1. The zero-order valence-corrected chi connectivity index (χ0v) is 7.71. The molecule has 15 heavy (non-hydrogen) atoms. The molecule has 1 aromatic carbocycles. The first-order chi connectivity index (χ1) is 6.90. The van der Waals surface area contributed by atoms with Gasteiger partial charge in [-0.3, -0.25) is 0 Å². The van der Waals surface area contributed by atoms with Crippen LogP contribution in [0.25, 0.3) is 0 Å². The number of ether oxygens (including phenoxy) is 1.